The summed E-state index contributed by atoms with van der Waals surface area (Å²) in [6.45, 7) is 1.08. The second kappa shape index (κ2) is 10.6. The second-order valence-electron chi connectivity index (χ2n) is 8.23. The van der Waals surface area contributed by atoms with Crippen molar-refractivity contribution >= 4 is 17.5 Å². The molecule has 0 saturated heterocycles. The van der Waals surface area contributed by atoms with Crippen molar-refractivity contribution in [3.63, 3.8) is 0 Å². The maximum Gasteiger partial charge on any atom is 0.573 e. The normalized spacial score (nSPS) is 15.9. The highest BCUT2D eigenvalue weighted by atomic mass is 19.4. The fourth-order valence-electron chi connectivity index (χ4n) is 4.18. The number of alkyl halides is 3. The Hall–Kier alpha value is -3.79. The van der Waals surface area contributed by atoms with Gasteiger partial charge in [-0.15, -0.1) is 13.2 Å². The minimum absolute atomic E-state index is 0.0396. The quantitative estimate of drug-likeness (QED) is 0.356. The minimum atomic E-state index is -4.86. The zero-order chi connectivity index (χ0) is 24.8. The molecule has 0 amide bonds. The van der Waals surface area contributed by atoms with Crippen LogP contribution in [0.2, 0.25) is 0 Å². The molecule has 7 nitrogen and oxygen atoms in total. The van der Waals surface area contributed by atoms with Crippen LogP contribution in [0.25, 0.3) is 0 Å². The van der Waals surface area contributed by atoms with Gasteiger partial charge in [0, 0.05) is 12.7 Å². The minimum Gasteiger partial charge on any atom is -0.481 e. The van der Waals surface area contributed by atoms with Crippen molar-refractivity contribution < 1.29 is 27.8 Å². The highest BCUT2D eigenvalue weighted by Gasteiger charge is 2.31. The van der Waals surface area contributed by atoms with Crippen molar-refractivity contribution in [3.05, 3.63) is 83.6 Å². The summed E-state index contributed by atoms with van der Waals surface area (Å²) >= 11 is 0. The number of fused-ring (bicyclic) bond motifs is 1. The predicted octanol–water partition coefficient (Wildman–Crippen LogP) is 4.39. The van der Waals surface area contributed by atoms with E-state index in [4.69, 9.17) is 5.11 Å². The van der Waals surface area contributed by atoms with Crippen molar-refractivity contribution in [2.75, 3.05) is 23.7 Å². The van der Waals surface area contributed by atoms with Gasteiger partial charge in [0.15, 0.2) is 0 Å². The molecule has 0 unspecified atom stereocenters. The molecular formula is C25H25F3N4O3. The Morgan fingerprint density at radius 3 is 2.66 bits per heavy atom. The highest BCUT2D eigenvalue weighted by Crippen LogP contribution is 2.29. The molecule has 0 spiro atoms. The summed E-state index contributed by atoms with van der Waals surface area (Å²) in [5.74, 6) is -0.805. The van der Waals surface area contributed by atoms with Gasteiger partial charge in [-0.2, -0.15) is 0 Å². The van der Waals surface area contributed by atoms with Crippen LogP contribution in [0.3, 0.4) is 0 Å². The van der Waals surface area contributed by atoms with E-state index in [0.717, 1.165) is 23.1 Å². The number of hydrogen-bond donors (Lipinski definition) is 4. The standard InChI is InChI=1S/C25H25F3N4O3/c26-25(27,28)35-19-12-16(11-17(13-19)14-22(33)34)8-10-29-23(18-5-2-1-3-6-18)21-15-31-20-7-4-9-30-24(20)32-21/h1-7,9,11-13,21,23,29,31H,8,10,14-15H2,(H,30,32)(H,33,34)/t21-,23-/m1/s1. The number of carboxylic acid groups (broad SMARTS) is 1. The molecule has 0 aliphatic carbocycles. The van der Waals surface area contributed by atoms with Crippen molar-refractivity contribution in [1.82, 2.24) is 10.3 Å². The molecule has 0 saturated carbocycles. The van der Waals surface area contributed by atoms with E-state index in [1.165, 1.54) is 6.07 Å². The van der Waals surface area contributed by atoms with E-state index in [9.17, 15) is 18.0 Å². The SMILES string of the molecule is O=C(O)Cc1cc(CCN[C@H](c2ccccc2)[C@H]2CNc3cccnc3N2)cc(OC(F)(F)F)c1. The van der Waals surface area contributed by atoms with Gasteiger partial charge in [-0.3, -0.25) is 4.79 Å². The Kier molecular flexibility index (Phi) is 7.40. The number of halogens is 3. The van der Waals surface area contributed by atoms with Gasteiger partial charge in [0.05, 0.1) is 24.2 Å². The zero-order valence-electron chi connectivity index (χ0n) is 18.7. The van der Waals surface area contributed by atoms with E-state index in [1.54, 1.807) is 12.3 Å². The van der Waals surface area contributed by atoms with Gasteiger partial charge in [0.1, 0.15) is 11.6 Å². The lowest BCUT2D eigenvalue weighted by Crippen LogP contribution is -2.44. The molecule has 35 heavy (non-hydrogen) atoms. The monoisotopic (exact) mass is 486 g/mol. The molecule has 10 heteroatoms. The van der Waals surface area contributed by atoms with Crippen LogP contribution in [0.1, 0.15) is 22.7 Å². The lowest BCUT2D eigenvalue weighted by Gasteiger charge is -2.34. The second-order valence-corrected chi connectivity index (χ2v) is 8.23. The van der Waals surface area contributed by atoms with Crippen molar-refractivity contribution in [2.45, 2.75) is 31.3 Å². The van der Waals surface area contributed by atoms with Gasteiger partial charge < -0.3 is 25.8 Å². The summed E-state index contributed by atoms with van der Waals surface area (Å²) in [5, 5.41) is 19.4. The van der Waals surface area contributed by atoms with Crippen LogP contribution >= 0.6 is 0 Å². The van der Waals surface area contributed by atoms with Crippen LogP contribution < -0.4 is 20.7 Å². The van der Waals surface area contributed by atoms with Gasteiger partial charge in [0.25, 0.3) is 0 Å². The molecule has 0 bridgehead atoms. The van der Waals surface area contributed by atoms with Crippen LogP contribution in [0.5, 0.6) is 5.75 Å². The molecule has 2 heterocycles. The van der Waals surface area contributed by atoms with Gasteiger partial charge in [-0.05, 0) is 53.9 Å². The first-order valence-electron chi connectivity index (χ1n) is 11.1. The molecule has 1 aromatic heterocycles. The van der Waals surface area contributed by atoms with Crippen LogP contribution in [0.15, 0.2) is 66.9 Å². The lowest BCUT2D eigenvalue weighted by atomic mass is 9.97. The molecule has 4 N–H and O–H groups in total. The fourth-order valence-corrected chi connectivity index (χ4v) is 4.18. The van der Waals surface area contributed by atoms with Crippen molar-refractivity contribution in [3.8, 4) is 5.75 Å². The largest absolute Gasteiger partial charge is 0.573 e. The van der Waals surface area contributed by atoms with Crippen molar-refractivity contribution in [2.24, 2.45) is 0 Å². The topological polar surface area (TPSA) is 95.5 Å². The molecule has 4 rings (SSSR count). The molecule has 2 atom stereocenters. The number of rotatable bonds is 9. The molecule has 184 valence electrons. The van der Waals surface area contributed by atoms with E-state index in [2.05, 4.69) is 25.7 Å². The zero-order valence-corrected chi connectivity index (χ0v) is 18.7. The maximum atomic E-state index is 12.8. The molecule has 3 aromatic rings. The fraction of sp³-hybridized carbons (Fsp3) is 0.280. The number of ether oxygens (including phenoxy) is 1. The number of hydrogen-bond acceptors (Lipinski definition) is 6. The van der Waals surface area contributed by atoms with Gasteiger partial charge in [0.2, 0.25) is 0 Å². The summed E-state index contributed by atoms with van der Waals surface area (Å²) in [4.78, 5) is 15.5. The average molecular weight is 486 g/mol. The number of aromatic nitrogens is 1. The number of anilines is 2. The predicted molar refractivity (Wildman–Crippen MR) is 125 cm³/mol. The number of nitrogens with zero attached hydrogens (tertiary/aromatic N) is 1. The molecule has 1 aliphatic rings. The third-order valence-corrected chi connectivity index (χ3v) is 5.60. The first kappa shape index (κ1) is 24.3. The number of benzene rings is 2. The summed E-state index contributed by atoms with van der Waals surface area (Å²) in [6.07, 6.45) is -3.17. The Morgan fingerprint density at radius 1 is 1.14 bits per heavy atom. The summed E-state index contributed by atoms with van der Waals surface area (Å²) in [5.41, 5.74) is 2.76. The van der Waals surface area contributed by atoms with Crippen LogP contribution in [0, 0.1) is 0 Å². The van der Waals surface area contributed by atoms with E-state index >= 15 is 0 Å². The van der Waals surface area contributed by atoms with Gasteiger partial charge >= 0.3 is 12.3 Å². The van der Waals surface area contributed by atoms with E-state index in [-0.39, 0.29) is 17.6 Å². The van der Waals surface area contributed by atoms with Crippen LogP contribution in [-0.4, -0.2) is 41.6 Å². The number of nitrogens with one attached hydrogen (secondary N) is 3. The summed E-state index contributed by atoms with van der Waals surface area (Å²) in [7, 11) is 0. The highest BCUT2D eigenvalue weighted by molar-refractivity contribution is 5.70. The average Bonchev–Trinajstić information content (AvgIpc) is 2.80. The Morgan fingerprint density at radius 2 is 1.91 bits per heavy atom. The van der Waals surface area contributed by atoms with Crippen LogP contribution in [0.4, 0.5) is 24.7 Å². The molecular weight excluding hydrogens is 461 g/mol. The van der Waals surface area contributed by atoms with E-state index in [0.29, 0.717) is 25.1 Å². The van der Waals surface area contributed by atoms with E-state index in [1.807, 2.05) is 42.5 Å². The molecule has 2 aromatic carbocycles. The Balaban J connectivity index is 1.49. The van der Waals surface area contributed by atoms with E-state index < -0.39 is 24.5 Å². The third-order valence-electron chi connectivity index (χ3n) is 5.60. The maximum absolute atomic E-state index is 12.8. The molecule has 1 aliphatic heterocycles. The number of carboxylic acids is 1. The number of pyridine rings is 1. The lowest BCUT2D eigenvalue weighted by molar-refractivity contribution is -0.274. The Labute approximate surface area is 200 Å². The summed E-state index contributed by atoms with van der Waals surface area (Å²) < 4.78 is 42.3. The Bertz CT molecular complexity index is 1160. The van der Waals surface area contributed by atoms with Gasteiger partial charge in [-0.25, -0.2) is 4.98 Å². The number of aliphatic carboxylic acids is 1. The smallest absolute Gasteiger partial charge is 0.481 e. The third kappa shape index (κ3) is 6.86. The number of carbonyl (C=O) groups is 1. The summed E-state index contributed by atoms with van der Waals surface area (Å²) in [6, 6.07) is 17.5. The van der Waals surface area contributed by atoms with Crippen molar-refractivity contribution in [1.29, 1.82) is 0 Å². The molecule has 0 radical (unpaired) electrons. The molecule has 0 fully saturated rings. The van der Waals surface area contributed by atoms with Gasteiger partial charge in [-0.1, -0.05) is 36.4 Å². The first-order valence-corrected chi connectivity index (χ1v) is 11.1. The first-order chi connectivity index (χ1) is 16.8. The van der Waals surface area contributed by atoms with Crippen LogP contribution in [-0.2, 0) is 17.6 Å².